The molecule has 110 valence electrons. The van der Waals surface area contributed by atoms with Gasteiger partial charge in [0.2, 0.25) is 0 Å². The van der Waals surface area contributed by atoms with Gasteiger partial charge in [0, 0.05) is 23.2 Å². The molecule has 0 spiro atoms. The summed E-state index contributed by atoms with van der Waals surface area (Å²) in [5.74, 6) is 0. The molecule has 2 aromatic heterocycles. The van der Waals surface area contributed by atoms with Crippen molar-refractivity contribution < 1.29 is 0 Å². The van der Waals surface area contributed by atoms with Crippen LogP contribution in [0.4, 0.5) is 0 Å². The summed E-state index contributed by atoms with van der Waals surface area (Å²) in [6, 6.07) is 0.162. The molecule has 1 atom stereocenters. The van der Waals surface area contributed by atoms with Crippen LogP contribution in [0.1, 0.15) is 54.4 Å². The van der Waals surface area contributed by atoms with Gasteiger partial charge in [0.05, 0.1) is 17.9 Å². The van der Waals surface area contributed by atoms with E-state index in [1.807, 2.05) is 10.9 Å². The maximum Gasteiger partial charge on any atom is 0.115 e. The summed E-state index contributed by atoms with van der Waals surface area (Å²) in [7, 11) is 0. The quantitative estimate of drug-likeness (QED) is 0.851. The van der Waals surface area contributed by atoms with E-state index in [0.717, 1.165) is 30.9 Å². The summed E-state index contributed by atoms with van der Waals surface area (Å²) < 4.78 is 2.01. The van der Waals surface area contributed by atoms with Crippen LogP contribution in [0.5, 0.6) is 0 Å². The number of rotatable bonds is 7. The van der Waals surface area contributed by atoms with Gasteiger partial charge >= 0.3 is 0 Å². The van der Waals surface area contributed by atoms with Gasteiger partial charge in [0.15, 0.2) is 0 Å². The molecule has 0 fully saturated rings. The Bertz CT molecular complexity index is 544. The van der Waals surface area contributed by atoms with Crippen LogP contribution in [-0.2, 0) is 13.0 Å². The van der Waals surface area contributed by atoms with E-state index in [9.17, 15) is 0 Å². The molecule has 0 saturated heterocycles. The summed E-state index contributed by atoms with van der Waals surface area (Å²) >= 11 is 1.79. The number of thiazole rings is 1. The molecule has 0 bridgehead atoms. The highest BCUT2D eigenvalue weighted by Gasteiger charge is 2.19. The number of hydrogen-bond acceptors (Lipinski definition) is 4. The molecule has 1 unspecified atom stereocenters. The van der Waals surface area contributed by atoms with E-state index in [0.29, 0.717) is 0 Å². The molecular weight excluding hydrogens is 268 g/mol. The molecule has 2 rings (SSSR count). The highest BCUT2D eigenvalue weighted by atomic mass is 32.1. The van der Waals surface area contributed by atoms with Crippen molar-refractivity contribution in [2.45, 2.75) is 53.1 Å². The summed E-state index contributed by atoms with van der Waals surface area (Å²) in [6.45, 7) is 10.5. The fourth-order valence-corrected chi connectivity index (χ4v) is 3.45. The molecule has 5 heteroatoms. The second-order valence-electron chi connectivity index (χ2n) is 4.94. The third kappa shape index (κ3) is 3.27. The largest absolute Gasteiger partial charge is 0.304 e. The van der Waals surface area contributed by atoms with Crippen LogP contribution >= 0.6 is 11.3 Å². The fraction of sp³-hybridized carbons (Fsp3) is 0.600. The Morgan fingerprint density at radius 3 is 2.75 bits per heavy atom. The maximum absolute atomic E-state index is 4.80. The molecule has 0 aromatic carbocycles. The van der Waals surface area contributed by atoms with Crippen molar-refractivity contribution in [1.82, 2.24) is 20.1 Å². The molecule has 2 heterocycles. The zero-order chi connectivity index (χ0) is 14.5. The number of hydrogen-bond donors (Lipinski definition) is 1. The van der Waals surface area contributed by atoms with Gasteiger partial charge in [0.1, 0.15) is 5.01 Å². The molecular formula is C15H24N4S. The van der Waals surface area contributed by atoms with Gasteiger partial charge in [-0.25, -0.2) is 4.98 Å². The first-order valence-electron chi connectivity index (χ1n) is 7.41. The van der Waals surface area contributed by atoms with Crippen molar-refractivity contribution in [3.05, 3.63) is 33.5 Å². The lowest BCUT2D eigenvalue weighted by Gasteiger charge is -2.13. The molecule has 0 aliphatic rings. The number of nitrogens with one attached hydrogen (secondary N) is 1. The monoisotopic (exact) mass is 292 g/mol. The molecule has 1 N–H and O–H groups in total. The van der Waals surface area contributed by atoms with Crippen LogP contribution in [0.25, 0.3) is 0 Å². The van der Waals surface area contributed by atoms with Crippen molar-refractivity contribution in [2.24, 2.45) is 0 Å². The standard InChI is InChI=1S/C15H24N4S/c1-5-8-19-10-12(9-17-19)14(16-7-3)15-18-13(6-2)11(4)20-15/h9-10,14,16H,5-8H2,1-4H3. The van der Waals surface area contributed by atoms with Crippen LogP contribution in [0, 0.1) is 6.92 Å². The van der Waals surface area contributed by atoms with Gasteiger partial charge in [-0.3, -0.25) is 4.68 Å². The van der Waals surface area contributed by atoms with E-state index in [4.69, 9.17) is 4.98 Å². The van der Waals surface area contributed by atoms with Crippen molar-refractivity contribution in [3.63, 3.8) is 0 Å². The second kappa shape index (κ2) is 6.99. The van der Waals surface area contributed by atoms with Crippen LogP contribution in [0.2, 0.25) is 0 Å². The Balaban J connectivity index is 2.28. The van der Waals surface area contributed by atoms with Crippen LogP contribution in [0.15, 0.2) is 12.4 Å². The van der Waals surface area contributed by atoms with Crippen LogP contribution in [0.3, 0.4) is 0 Å². The topological polar surface area (TPSA) is 42.7 Å². The van der Waals surface area contributed by atoms with E-state index < -0.39 is 0 Å². The predicted molar refractivity (Wildman–Crippen MR) is 84.3 cm³/mol. The van der Waals surface area contributed by atoms with Gasteiger partial charge in [-0.15, -0.1) is 11.3 Å². The Kier molecular flexibility index (Phi) is 5.31. The van der Waals surface area contributed by atoms with Crippen LogP contribution in [-0.4, -0.2) is 21.3 Å². The van der Waals surface area contributed by atoms with Gasteiger partial charge in [-0.2, -0.15) is 5.10 Å². The summed E-state index contributed by atoms with van der Waals surface area (Å²) in [5.41, 5.74) is 2.42. The summed E-state index contributed by atoms with van der Waals surface area (Å²) in [6.07, 6.45) is 6.20. The summed E-state index contributed by atoms with van der Waals surface area (Å²) in [4.78, 5) is 6.12. The molecule has 0 aliphatic carbocycles. The molecule has 20 heavy (non-hydrogen) atoms. The average Bonchev–Trinajstić information content (AvgIpc) is 3.03. The normalized spacial score (nSPS) is 12.8. The number of aromatic nitrogens is 3. The first kappa shape index (κ1) is 15.2. The molecule has 0 radical (unpaired) electrons. The maximum atomic E-state index is 4.80. The van der Waals surface area contributed by atoms with Crippen LogP contribution < -0.4 is 5.32 Å². The molecule has 0 saturated carbocycles. The Morgan fingerprint density at radius 2 is 2.15 bits per heavy atom. The van der Waals surface area contributed by atoms with Crippen molar-refractivity contribution in [2.75, 3.05) is 6.54 Å². The number of aryl methyl sites for hydroxylation is 3. The van der Waals surface area contributed by atoms with E-state index in [-0.39, 0.29) is 6.04 Å². The first-order chi connectivity index (χ1) is 9.69. The Hall–Kier alpha value is -1.20. The third-order valence-electron chi connectivity index (χ3n) is 3.34. The zero-order valence-electron chi connectivity index (χ0n) is 12.8. The smallest absolute Gasteiger partial charge is 0.115 e. The fourth-order valence-electron chi connectivity index (χ4n) is 2.33. The Labute approximate surface area is 125 Å². The second-order valence-corrected chi connectivity index (χ2v) is 6.17. The van der Waals surface area contributed by atoms with E-state index >= 15 is 0 Å². The molecule has 0 aliphatic heterocycles. The van der Waals surface area contributed by atoms with E-state index in [1.54, 1.807) is 11.3 Å². The molecule has 4 nitrogen and oxygen atoms in total. The first-order valence-corrected chi connectivity index (χ1v) is 8.23. The van der Waals surface area contributed by atoms with Gasteiger partial charge in [-0.05, 0) is 26.3 Å². The minimum atomic E-state index is 0.162. The lowest BCUT2D eigenvalue weighted by Crippen LogP contribution is -2.21. The lowest BCUT2D eigenvalue weighted by molar-refractivity contribution is 0.596. The van der Waals surface area contributed by atoms with Gasteiger partial charge in [-0.1, -0.05) is 20.8 Å². The highest BCUT2D eigenvalue weighted by Crippen LogP contribution is 2.28. The highest BCUT2D eigenvalue weighted by molar-refractivity contribution is 7.11. The van der Waals surface area contributed by atoms with Gasteiger partial charge < -0.3 is 5.32 Å². The Morgan fingerprint density at radius 1 is 1.35 bits per heavy atom. The predicted octanol–water partition coefficient (Wildman–Crippen LogP) is 3.32. The molecule has 0 amide bonds. The van der Waals surface area contributed by atoms with E-state index in [1.165, 1.54) is 16.1 Å². The van der Waals surface area contributed by atoms with Gasteiger partial charge in [0.25, 0.3) is 0 Å². The minimum Gasteiger partial charge on any atom is -0.304 e. The molecule has 2 aromatic rings. The third-order valence-corrected chi connectivity index (χ3v) is 4.42. The SMILES string of the molecule is CCCn1cc(C(NCC)c2nc(CC)c(C)s2)cn1. The minimum absolute atomic E-state index is 0.162. The zero-order valence-corrected chi connectivity index (χ0v) is 13.6. The van der Waals surface area contributed by atoms with Crippen molar-refractivity contribution >= 4 is 11.3 Å². The summed E-state index contributed by atoms with van der Waals surface area (Å²) in [5, 5.41) is 9.12. The number of nitrogens with zero attached hydrogens (tertiary/aromatic N) is 3. The van der Waals surface area contributed by atoms with Crippen molar-refractivity contribution in [3.8, 4) is 0 Å². The van der Waals surface area contributed by atoms with E-state index in [2.05, 4.69) is 44.3 Å². The van der Waals surface area contributed by atoms with Crippen molar-refractivity contribution in [1.29, 1.82) is 0 Å². The average molecular weight is 292 g/mol. The lowest BCUT2D eigenvalue weighted by atomic mass is 10.1.